The molecule has 0 aliphatic carbocycles. The van der Waals surface area contributed by atoms with Crippen molar-refractivity contribution in [1.29, 1.82) is 0 Å². The van der Waals surface area contributed by atoms with Crippen LogP contribution in [0.4, 0.5) is 0 Å². The normalized spacial score (nSPS) is 14.3. The molecule has 0 unspecified atom stereocenters. The third-order valence-corrected chi connectivity index (χ3v) is 4.59. The zero-order valence-electron chi connectivity index (χ0n) is 14.9. The monoisotopic (exact) mass is 374 g/mol. The Morgan fingerprint density at radius 1 is 1.00 bits per heavy atom. The SMILES string of the molecule is Cl.O=C(NCCc1ccc(OCc2ccccc2)cc1)C1CCNCC1. The molecule has 26 heavy (non-hydrogen) atoms. The van der Waals surface area contributed by atoms with Gasteiger partial charge in [-0.2, -0.15) is 0 Å². The maximum Gasteiger partial charge on any atom is 0.223 e. The molecule has 0 radical (unpaired) electrons. The molecule has 5 heteroatoms. The first-order chi connectivity index (χ1) is 12.3. The van der Waals surface area contributed by atoms with Crippen molar-refractivity contribution >= 4 is 18.3 Å². The summed E-state index contributed by atoms with van der Waals surface area (Å²) in [6.45, 7) is 3.16. The van der Waals surface area contributed by atoms with Crippen molar-refractivity contribution in [2.24, 2.45) is 5.92 Å². The van der Waals surface area contributed by atoms with Crippen LogP contribution in [0.1, 0.15) is 24.0 Å². The van der Waals surface area contributed by atoms with Crippen molar-refractivity contribution in [2.75, 3.05) is 19.6 Å². The van der Waals surface area contributed by atoms with Crippen molar-refractivity contribution < 1.29 is 9.53 Å². The molecule has 0 atom stereocenters. The number of piperidine rings is 1. The van der Waals surface area contributed by atoms with Crippen molar-refractivity contribution in [3.63, 3.8) is 0 Å². The lowest BCUT2D eigenvalue weighted by atomic mass is 9.97. The van der Waals surface area contributed by atoms with Crippen molar-refractivity contribution in [2.45, 2.75) is 25.9 Å². The van der Waals surface area contributed by atoms with Gasteiger partial charge in [-0.05, 0) is 55.6 Å². The minimum atomic E-state index is 0. The molecule has 2 N–H and O–H groups in total. The number of hydrogen-bond donors (Lipinski definition) is 2. The minimum Gasteiger partial charge on any atom is -0.489 e. The predicted molar refractivity (Wildman–Crippen MR) is 107 cm³/mol. The third-order valence-electron chi connectivity index (χ3n) is 4.59. The summed E-state index contributed by atoms with van der Waals surface area (Å²) in [5.41, 5.74) is 2.37. The van der Waals surface area contributed by atoms with E-state index in [9.17, 15) is 4.79 Å². The Balaban J connectivity index is 0.00000243. The van der Waals surface area contributed by atoms with Crippen LogP contribution in [0.15, 0.2) is 54.6 Å². The highest BCUT2D eigenvalue weighted by Crippen LogP contribution is 2.15. The molecule has 0 bridgehead atoms. The third kappa shape index (κ3) is 6.36. The number of benzene rings is 2. The van der Waals surface area contributed by atoms with Gasteiger partial charge >= 0.3 is 0 Å². The van der Waals surface area contributed by atoms with E-state index in [1.165, 1.54) is 5.56 Å². The molecule has 1 fully saturated rings. The molecule has 1 saturated heterocycles. The van der Waals surface area contributed by atoms with Gasteiger partial charge in [0.1, 0.15) is 12.4 Å². The van der Waals surface area contributed by atoms with E-state index in [4.69, 9.17) is 4.74 Å². The smallest absolute Gasteiger partial charge is 0.223 e. The Labute approximate surface area is 161 Å². The summed E-state index contributed by atoms with van der Waals surface area (Å²) in [4.78, 5) is 12.1. The van der Waals surface area contributed by atoms with E-state index < -0.39 is 0 Å². The van der Waals surface area contributed by atoms with E-state index in [1.807, 2.05) is 30.3 Å². The van der Waals surface area contributed by atoms with E-state index in [2.05, 4.69) is 34.9 Å². The Morgan fingerprint density at radius 2 is 1.69 bits per heavy atom. The van der Waals surface area contributed by atoms with Crippen molar-refractivity contribution in [1.82, 2.24) is 10.6 Å². The standard InChI is InChI=1S/C21H26N2O2.ClH/c24-21(19-11-13-22-14-12-19)23-15-10-17-6-8-20(9-7-17)25-16-18-4-2-1-3-5-18;/h1-9,19,22H,10-16H2,(H,23,24);1H. The zero-order chi connectivity index (χ0) is 17.3. The number of carbonyl (C=O) groups excluding carboxylic acids is 1. The average molecular weight is 375 g/mol. The first kappa shape index (κ1) is 20.3. The van der Waals surface area contributed by atoms with E-state index in [0.717, 1.165) is 43.7 Å². The number of ether oxygens (including phenoxy) is 1. The van der Waals surface area contributed by atoms with Crippen LogP contribution in [-0.2, 0) is 17.8 Å². The van der Waals surface area contributed by atoms with Crippen LogP contribution in [-0.4, -0.2) is 25.5 Å². The Bertz CT molecular complexity index is 655. The molecule has 2 aromatic carbocycles. The first-order valence-corrected chi connectivity index (χ1v) is 9.05. The van der Waals surface area contributed by atoms with Gasteiger partial charge in [0.2, 0.25) is 5.91 Å². The van der Waals surface area contributed by atoms with E-state index >= 15 is 0 Å². The minimum absolute atomic E-state index is 0. The lowest BCUT2D eigenvalue weighted by molar-refractivity contribution is -0.125. The van der Waals surface area contributed by atoms with Gasteiger partial charge in [0, 0.05) is 12.5 Å². The summed E-state index contributed by atoms with van der Waals surface area (Å²) in [6.07, 6.45) is 2.73. The molecule has 1 aliphatic rings. The quantitative estimate of drug-likeness (QED) is 0.781. The molecule has 1 aliphatic heterocycles. The maximum atomic E-state index is 12.1. The maximum absolute atomic E-state index is 12.1. The molecule has 1 heterocycles. The fraction of sp³-hybridized carbons (Fsp3) is 0.381. The van der Waals surface area contributed by atoms with Crippen LogP contribution in [0.2, 0.25) is 0 Å². The van der Waals surface area contributed by atoms with Crippen LogP contribution in [0.3, 0.4) is 0 Å². The zero-order valence-corrected chi connectivity index (χ0v) is 15.8. The van der Waals surface area contributed by atoms with Gasteiger partial charge in [0.25, 0.3) is 0 Å². The number of rotatable bonds is 7. The van der Waals surface area contributed by atoms with Gasteiger partial charge in [-0.25, -0.2) is 0 Å². The Morgan fingerprint density at radius 3 is 2.38 bits per heavy atom. The van der Waals surface area contributed by atoms with Gasteiger partial charge < -0.3 is 15.4 Å². The van der Waals surface area contributed by atoms with Gasteiger partial charge in [0.05, 0.1) is 0 Å². The number of amides is 1. The van der Waals surface area contributed by atoms with Crippen molar-refractivity contribution in [3.8, 4) is 5.75 Å². The summed E-state index contributed by atoms with van der Waals surface area (Å²) >= 11 is 0. The largest absolute Gasteiger partial charge is 0.489 e. The molecular weight excluding hydrogens is 348 g/mol. The number of halogens is 1. The van der Waals surface area contributed by atoms with Gasteiger partial charge in [0.15, 0.2) is 0 Å². The van der Waals surface area contributed by atoms with Crippen LogP contribution in [0.25, 0.3) is 0 Å². The Hall–Kier alpha value is -2.04. The number of hydrogen-bond acceptors (Lipinski definition) is 3. The predicted octanol–water partition coefficient (Wildman–Crippen LogP) is 3.35. The second kappa shape index (κ2) is 10.8. The molecule has 2 aromatic rings. The molecule has 3 rings (SSSR count). The summed E-state index contributed by atoms with van der Waals surface area (Å²) in [7, 11) is 0. The summed E-state index contributed by atoms with van der Waals surface area (Å²) in [5, 5.41) is 6.35. The molecule has 0 spiro atoms. The summed E-state index contributed by atoms with van der Waals surface area (Å²) < 4.78 is 5.79. The lowest BCUT2D eigenvalue weighted by Gasteiger charge is -2.21. The van der Waals surface area contributed by atoms with Gasteiger partial charge in [-0.3, -0.25) is 4.79 Å². The molecule has 0 saturated carbocycles. The molecule has 0 aromatic heterocycles. The van der Waals surface area contributed by atoms with Crippen LogP contribution >= 0.6 is 12.4 Å². The molecule has 4 nitrogen and oxygen atoms in total. The summed E-state index contributed by atoms with van der Waals surface area (Å²) in [5.74, 6) is 1.24. The van der Waals surface area contributed by atoms with E-state index in [0.29, 0.717) is 13.2 Å². The highest BCUT2D eigenvalue weighted by Gasteiger charge is 2.20. The summed E-state index contributed by atoms with van der Waals surface area (Å²) in [6, 6.07) is 18.3. The second-order valence-corrected chi connectivity index (χ2v) is 6.48. The van der Waals surface area contributed by atoms with E-state index in [-0.39, 0.29) is 24.2 Å². The highest BCUT2D eigenvalue weighted by molar-refractivity contribution is 5.85. The number of nitrogens with one attached hydrogen (secondary N) is 2. The van der Waals surface area contributed by atoms with Crippen LogP contribution < -0.4 is 15.4 Å². The lowest BCUT2D eigenvalue weighted by Crippen LogP contribution is -2.38. The van der Waals surface area contributed by atoms with Gasteiger partial charge in [-0.15, -0.1) is 12.4 Å². The topological polar surface area (TPSA) is 50.4 Å². The molecular formula is C21H27ClN2O2. The second-order valence-electron chi connectivity index (χ2n) is 6.48. The van der Waals surface area contributed by atoms with Crippen LogP contribution in [0, 0.1) is 5.92 Å². The highest BCUT2D eigenvalue weighted by atomic mass is 35.5. The average Bonchev–Trinajstić information content (AvgIpc) is 2.69. The molecule has 1 amide bonds. The fourth-order valence-corrected chi connectivity index (χ4v) is 3.05. The van der Waals surface area contributed by atoms with E-state index in [1.54, 1.807) is 0 Å². The molecule has 140 valence electrons. The van der Waals surface area contributed by atoms with Crippen LogP contribution in [0.5, 0.6) is 5.75 Å². The number of carbonyl (C=O) groups is 1. The van der Waals surface area contributed by atoms with Crippen molar-refractivity contribution in [3.05, 3.63) is 65.7 Å². The van der Waals surface area contributed by atoms with Gasteiger partial charge in [-0.1, -0.05) is 42.5 Å². The Kier molecular flexibility index (Phi) is 8.45. The fourth-order valence-electron chi connectivity index (χ4n) is 3.05. The first-order valence-electron chi connectivity index (χ1n) is 9.05.